The normalized spacial score (nSPS) is 13.2. The zero-order chi connectivity index (χ0) is 13.5. The van der Waals surface area contributed by atoms with E-state index in [1.165, 1.54) is 12.0 Å². The van der Waals surface area contributed by atoms with Gasteiger partial charge in [0.25, 0.3) is 0 Å². The third-order valence-corrected chi connectivity index (χ3v) is 3.38. The molecular formula is C15H27N3. The summed E-state index contributed by atoms with van der Waals surface area (Å²) >= 11 is 0. The van der Waals surface area contributed by atoms with Crippen molar-refractivity contribution >= 4 is 5.69 Å². The van der Waals surface area contributed by atoms with Gasteiger partial charge in [-0.25, -0.2) is 0 Å². The molecule has 0 aliphatic heterocycles. The Morgan fingerprint density at radius 2 is 1.61 bits per heavy atom. The van der Waals surface area contributed by atoms with Crippen molar-refractivity contribution in [1.82, 2.24) is 9.80 Å². The minimum absolute atomic E-state index is 0.590. The van der Waals surface area contributed by atoms with Gasteiger partial charge in [0.2, 0.25) is 0 Å². The summed E-state index contributed by atoms with van der Waals surface area (Å²) in [6.45, 7) is 5.67. The van der Waals surface area contributed by atoms with Crippen LogP contribution in [0.4, 0.5) is 5.69 Å². The molecule has 0 aromatic heterocycles. The predicted molar refractivity (Wildman–Crippen MR) is 79.9 cm³/mol. The van der Waals surface area contributed by atoms with E-state index in [0.717, 1.165) is 25.3 Å². The number of anilines is 1. The summed E-state index contributed by atoms with van der Waals surface area (Å²) < 4.78 is 0. The molecular weight excluding hydrogens is 222 g/mol. The number of nitrogen functional groups attached to an aromatic ring is 1. The molecule has 1 unspecified atom stereocenters. The van der Waals surface area contributed by atoms with Crippen LogP contribution >= 0.6 is 0 Å². The van der Waals surface area contributed by atoms with Crippen molar-refractivity contribution in [3.63, 3.8) is 0 Å². The SMILES string of the molecule is CC(CCN(C)CCN(C)C)c1ccc(N)cc1. The Morgan fingerprint density at radius 3 is 2.17 bits per heavy atom. The van der Waals surface area contributed by atoms with Crippen LogP contribution in [-0.2, 0) is 0 Å². The number of hydrogen-bond donors (Lipinski definition) is 1. The highest BCUT2D eigenvalue weighted by atomic mass is 15.1. The number of rotatable bonds is 7. The van der Waals surface area contributed by atoms with Crippen molar-refractivity contribution in [3.8, 4) is 0 Å². The van der Waals surface area contributed by atoms with Crippen molar-refractivity contribution in [3.05, 3.63) is 29.8 Å². The lowest BCUT2D eigenvalue weighted by Gasteiger charge is -2.21. The van der Waals surface area contributed by atoms with Gasteiger partial charge in [-0.3, -0.25) is 0 Å². The van der Waals surface area contributed by atoms with E-state index in [-0.39, 0.29) is 0 Å². The minimum atomic E-state index is 0.590. The number of benzene rings is 1. The molecule has 18 heavy (non-hydrogen) atoms. The van der Waals surface area contributed by atoms with Gasteiger partial charge in [0.1, 0.15) is 0 Å². The first-order valence-corrected chi connectivity index (χ1v) is 6.67. The largest absolute Gasteiger partial charge is 0.399 e. The van der Waals surface area contributed by atoms with Crippen LogP contribution in [0.5, 0.6) is 0 Å². The minimum Gasteiger partial charge on any atom is -0.399 e. The molecule has 0 spiro atoms. The smallest absolute Gasteiger partial charge is 0.0314 e. The van der Waals surface area contributed by atoms with Crippen LogP contribution in [0.25, 0.3) is 0 Å². The van der Waals surface area contributed by atoms with Crippen molar-refractivity contribution < 1.29 is 0 Å². The molecule has 0 aliphatic carbocycles. The molecule has 1 aromatic rings. The van der Waals surface area contributed by atoms with E-state index < -0.39 is 0 Å². The Labute approximate surface area is 112 Å². The lowest BCUT2D eigenvalue weighted by Crippen LogP contribution is -2.29. The fraction of sp³-hybridized carbons (Fsp3) is 0.600. The molecule has 0 saturated carbocycles. The first-order valence-electron chi connectivity index (χ1n) is 6.67. The highest BCUT2D eigenvalue weighted by molar-refractivity contribution is 5.40. The van der Waals surface area contributed by atoms with E-state index >= 15 is 0 Å². The maximum Gasteiger partial charge on any atom is 0.0314 e. The number of likely N-dealkylation sites (N-methyl/N-ethyl adjacent to an activating group) is 2. The van der Waals surface area contributed by atoms with E-state index in [0.29, 0.717) is 5.92 Å². The molecule has 1 aromatic carbocycles. The second kappa shape index (κ2) is 7.39. The fourth-order valence-corrected chi connectivity index (χ4v) is 1.89. The summed E-state index contributed by atoms with van der Waals surface area (Å²) in [6, 6.07) is 8.25. The van der Waals surface area contributed by atoms with Crippen molar-refractivity contribution in [1.29, 1.82) is 0 Å². The summed E-state index contributed by atoms with van der Waals surface area (Å²) in [7, 11) is 6.43. The summed E-state index contributed by atoms with van der Waals surface area (Å²) in [5, 5.41) is 0. The molecule has 1 rings (SSSR count). The van der Waals surface area contributed by atoms with Crippen LogP contribution in [0.2, 0.25) is 0 Å². The molecule has 0 bridgehead atoms. The number of hydrogen-bond acceptors (Lipinski definition) is 3. The lowest BCUT2D eigenvalue weighted by atomic mass is 9.97. The van der Waals surface area contributed by atoms with Gasteiger partial charge in [-0.2, -0.15) is 0 Å². The molecule has 2 N–H and O–H groups in total. The maximum atomic E-state index is 5.70. The first kappa shape index (κ1) is 15.0. The van der Waals surface area contributed by atoms with Gasteiger partial charge in [0.15, 0.2) is 0 Å². The standard InChI is InChI=1S/C15H27N3/c1-13(14-5-7-15(16)8-6-14)9-10-18(4)12-11-17(2)3/h5-8,13H,9-12,16H2,1-4H3. The summed E-state index contributed by atoms with van der Waals surface area (Å²) in [5.74, 6) is 0.590. The summed E-state index contributed by atoms with van der Waals surface area (Å²) in [4.78, 5) is 4.62. The highest BCUT2D eigenvalue weighted by Crippen LogP contribution is 2.20. The van der Waals surface area contributed by atoms with Gasteiger partial charge in [0, 0.05) is 18.8 Å². The Morgan fingerprint density at radius 1 is 1.00 bits per heavy atom. The van der Waals surface area contributed by atoms with E-state index in [4.69, 9.17) is 5.73 Å². The van der Waals surface area contributed by atoms with Crippen LogP contribution in [-0.4, -0.2) is 50.6 Å². The molecule has 0 amide bonds. The molecule has 1 atom stereocenters. The first-order chi connectivity index (χ1) is 8.49. The molecule has 0 heterocycles. The van der Waals surface area contributed by atoms with E-state index in [9.17, 15) is 0 Å². The number of nitrogens with two attached hydrogens (primary N) is 1. The van der Waals surface area contributed by atoms with E-state index in [2.05, 4.69) is 50.0 Å². The third-order valence-electron chi connectivity index (χ3n) is 3.38. The van der Waals surface area contributed by atoms with Crippen LogP contribution in [0.1, 0.15) is 24.8 Å². The molecule has 102 valence electrons. The third kappa shape index (κ3) is 5.52. The lowest BCUT2D eigenvalue weighted by molar-refractivity contribution is 0.275. The number of nitrogens with zero attached hydrogens (tertiary/aromatic N) is 2. The quantitative estimate of drug-likeness (QED) is 0.752. The molecule has 0 radical (unpaired) electrons. The van der Waals surface area contributed by atoms with Crippen LogP contribution < -0.4 is 5.73 Å². The van der Waals surface area contributed by atoms with E-state index in [1.54, 1.807) is 0 Å². The average molecular weight is 249 g/mol. The average Bonchev–Trinajstić information content (AvgIpc) is 2.34. The van der Waals surface area contributed by atoms with E-state index in [1.807, 2.05) is 12.1 Å². The highest BCUT2D eigenvalue weighted by Gasteiger charge is 2.07. The molecule has 0 fully saturated rings. The van der Waals surface area contributed by atoms with Gasteiger partial charge in [0.05, 0.1) is 0 Å². The van der Waals surface area contributed by atoms with Crippen molar-refractivity contribution in [2.45, 2.75) is 19.3 Å². The zero-order valence-electron chi connectivity index (χ0n) is 12.2. The second-order valence-corrected chi connectivity index (χ2v) is 5.46. The topological polar surface area (TPSA) is 32.5 Å². The van der Waals surface area contributed by atoms with Gasteiger partial charge < -0.3 is 15.5 Å². The predicted octanol–water partition coefficient (Wildman–Crippen LogP) is 2.26. The van der Waals surface area contributed by atoms with Crippen LogP contribution in [0.3, 0.4) is 0 Å². The molecule has 0 aliphatic rings. The fourth-order valence-electron chi connectivity index (χ4n) is 1.89. The summed E-state index contributed by atoms with van der Waals surface area (Å²) in [6.07, 6.45) is 1.19. The van der Waals surface area contributed by atoms with Crippen LogP contribution in [0, 0.1) is 0 Å². The van der Waals surface area contributed by atoms with Crippen molar-refractivity contribution in [2.75, 3.05) is 46.5 Å². The van der Waals surface area contributed by atoms with Crippen molar-refractivity contribution in [2.24, 2.45) is 0 Å². The van der Waals surface area contributed by atoms with Gasteiger partial charge in [-0.15, -0.1) is 0 Å². The van der Waals surface area contributed by atoms with Gasteiger partial charge in [-0.05, 0) is 57.7 Å². The monoisotopic (exact) mass is 249 g/mol. The summed E-state index contributed by atoms with van der Waals surface area (Å²) in [5.41, 5.74) is 7.93. The Balaban J connectivity index is 2.32. The second-order valence-electron chi connectivity index (χ2n) is 5.46. The Kier molecular flexibility index (Phi) is 6.16. The van der Waals surface area contributed by atoms with Crippen LogP contribution in [0.15, 0.2) is 24.3 Å². The Hall–Kier alpha value is -1.06. The molecule has 3 heteroatoms. The maximum absolute atomic E-state index is 5.70. The molecule has 3 nitrogen and oxygen atoms in total. The van der Waals surface area contributed by atoms with Gasteiger partial charge in [-0.1, -0.05) is 19.1 Å². The molecule has 0 saturated heterocycles. The van der Waals surface area contributed by atoms with Gasteiger partial charge >= 0.3 is 0 Å². The Bertz CT molecular complexity index is 332. The zero-order valence-corrected chi connectivity index (χ0v) is 12.2.